The van der Waals surface area contributed by atoms with Gasteiger partial charge in [0.15, 0.2) is 5.69 Å². The van der Waals surface area contributed by atoms with Crippen LogP contribution in [0.5, 0.6) is 0 Å². The summed E-state index contributed by atoms with van der Waals surface area (Å²) in [4.78, 5) is 0. The Morgan fingerprint density at radius 1 is 1.53 bits per heavy atom. The zero-order valence-corrected chi connectivity index (χ0v) is 8.21. The Labute approximate surface area is 84.8 Å². The summed E-state index contributed by atoms with van der Waals surface area (Å²) in [7, 11) is 0. The van der Waals surface area contributed by atoms with E-state index in [9.17, 15) is 13.2 Å². The fourth-order valence-corrected chi connectivity index (χ4v) is 1.47. The van der Waals surface area contributed by atoms with Crippen LogP contribution in [0.25, 0.3) is 0 Å². The van der Waals surface area contributed by atoms with Crippen molar-refractivity contribution in [3.63, 3.8) is 0 Å². The van der Waals surface area contributed by atoms with Crippen LogP contribution < -0.4 is 0 Å². The quantitative estimate of drug-likeness (QED) is 0.760. The van der Waals surface area contributed by atoms with Gasteiger partial charge in [0.25, 0.3) is 0 Å². The van der Waals surface area contributed by atoms with Crippen LogP contribution in [0.2, 0.25) is 0 Å². The number of halogens is 3. The first-order valence-electron chi connectivity index (χ1n) is 4.66. The molecule has 1 saturated heterocycles. The zero-order valence-electron chi connectivity index (χ0n) is 8.21. The van der Waals surface area contributed by atoms with E-state index in [1.807, 2.05) is 0 Å². The molecule has 1 aliphatic rings. The van der Waals surface area contributed by atoms with Crippen LogP contribution in [0.1, 0.15) is 11.4 Å². The van der Waals surface area contributed by atoms with Gasteiger partial charge in [-0.15, -0.1) is 0 Å². The topological polar surface area (TPSA) is 27.1 Å². The van der Waals surface area contributed by atoms with E-state index >= 15 is 0 Å². The predicted molar refractivity (Wildman–Crippen MR) is 46.3 cm³/mol. The molecule has 0 atom stereocenters. The average Bonchev–Trinajstić information content (AvgIpc) is 2.39. The summed E-state index contributed by atoms with van der Waals surface area (Å²) < 4.78 is 43.3. The largest absolute Gasteiger partial charge is 0.435 e. The third-order valence-corrected chi connectivity index (χ3v) is 2.41. The third kappa shape index (κ3) is 2.14. The van der Waals surface area contributed by atoms with E-state index in [0.29, 0.717) is 31.4 Å². The van der Waals surface area contributed by atoms with Crippen LogP contribution in [0.15, 0.2) is 6.07 Å². The molecule has 0 bridgehead atoms. The molecule has 6 heteroatoms. The minimum Gasteiger partial charge on any atom is -0.381 e. The van der Waals surface area contributed by atoms with E-state index in [1.54, 1.807) is 6.92 Å². The summed E-state index contributed by atoms with van der Waals surface area (Å²) in [6, 6.07) is 1.07. The number of rotatable bonds is 2. The number of hydrogen-bond acceptors (Lipinski definition) is 2. The first-order valence-corrected chi connectivity index (χ1v) is 4.66. The first kappa shape index (κ1) is 10.5. The van der Waals surface area contributed by atoms with E-state index in [1.165, 1.54) is 4.68 Å². The number of aryl methyl sites for hydroxylation is 1. The Balaban J connectivity index is 2.13. The molecule has 1 aliphatic heterocycles. The van der Waals surface area contributed by atoms with Gasteiger partial charge in [0.1, 0.15) is 0 Å². The number of ether oxygens (including phenoxy) is 1. The SMILES string of the molecule is Cc1cc(C(F)(F)F)nn1CC1COC1. The molecule has 1 aromatic heterocycles. The normalized spacial score (nSPS) is 17.9. The van der Waals surface area contributed by atoms with Crippen LogP contribution in [0.3, 0.4) is 0 Å². The number of alkyl halides is 3. The smallest absolute Gasteiger partial charge is 0.381 e. The van der Waals surface area contributed by atoms with E-state index in [-0.39, 0.29) is 0 Å². The zero-order chi connectivity index (χ0) is 11.1. The highest BCUT2D eigenvalue weighted by molar-refractivity contribution is 5.11. The molecule has 0 aliphatic carbocycles. The monoisotopic (exact) mass is 220 g/mol. The first-order chi connectivity index (χ1) is 6.97. The Hall–Kier alpha value is -1.04. The fourth-order valence-electron chi connectivity index (χ4n) is 1.47. The highest BCUT2D eigenvalue weighted by atomic mass is 19.4. The molecule has 1 fully saturated rings. The molecule has 15 heavy (non-hydrogen) atoms. The van der Waals surface area contributed by atoms with Crippen molar-refractivity contribution in [2.45, 2.75) is 19.6 Å². The van der Waals surface area contributed by atoms with Gasteiger partial charge >= 0.3 is 6.18 Å². The van der Waals surface area contributed by atoms with E-state index in [0.717, 1.165) is 6.07 Å². The van der Waals surface area contributed by atoms with Crippen molar-refractivity contribution in [2.24, 2.45) is 5.92 Å². The molecular weight excluding hydrogens is 209 g/mol. The molecule has 2 heterocycles. The number of nitrogens with zero attached hydrogens (tertiary/aromatic N) is 2. The predicted octanol–water partition coefficient (Wildman–Crippen LogP) is 1.86. The average molecular weight is 220 g/mol. The van der Waals surface area contributed by atoms with Gasteiger partial charge in [-0.2, -0.15) is 18.3 Å². The lowest BCUT2D eigenvalue weighted by atomic mass is 10.1. The van der Waals surface area contributed by atoms with Gasteiger partial charge < -0.3 is 4.74 Å². The van der Waals surface area contributed by atoms with Gasteiger partial charge in [-0.05, 0) is 13.0 Å². The van der Waals surface area contributed by atoms with Crippen LogP contribution in [0, 0.1) is 12.8 Å². The Morgan fingerprint density at radius 3 is 2.60 bits per heavy atom. The van der Waals surface area contributed by atoms with Gasteiger partial charge in [0.05, 0.1) is 13.2 Å². The standard InChI is InChI=1S/C9H11F3N2O/c1-6-2-8(9(10,11)12)13-14(6)3-7-4-15-5-7/h2,7H,3-5H2,1H3. The molecule has 0 amide bonds. The molecule has 0 saturated carbocycles. The molecular formula is C9H11F3N2O. The molecule has 84 valence electrons. The molecule has 0 radical (unpaired) electrons. The van der Waals surface area contributed by atoms with Gasteiger partial charge in [-0.1, -0.05) is 0 Å². The van der Waals surface area contributed by atoms with Crippen molar-refractivity contribution in [2.75, 3.05) is 13.2 Å². The molecule has 0 unspecified atom stereocenters. The minimum atomic E-state index is -4.36. The summed E-state index contributed by atoms with van der Waals surface area (Å²) in [5.74, 6) is 0.296. The second kappa shape index (κ2) is 3.52. The molecule has 2 rings (SSSR count). The maximum atomic E-state index is 12.3. The maximum Gasteiger partial charge on any atom is 0.435 e. The highest BCUT2D eigenvalue weighted by Crippen LogP contribution is 2.28. The van der Waals surface area contributed by atoms with Crippen LogP contribution in [-0.2, 0) is 17.5 Å². The van der Waals surface area contributed by atoms with Crippen molar-refractivity contribution >= 4 is 0 Å². The Morgan fingerprint density at radius 2 is 2.20 bits per heavy atom. The highest BCUT2D eigenvalue weighted by Gasteiger charge is 2.34. The second-order valence-electron chi connectivity index (χ2n) is 3.75. The number of aromatic nitrogens is 2. The van der Waals surface area contributed by atoms with Crippen LogP contribution in [-0.4, -0.2) is 23.0 Å². The van der Waals surface area contributed by atoms with Gasteiger partial charge in [-0.3, -0.25) is 4.68 Å². The van der Waals surface area contributed by atoms with Crippen LogP contribution >= 0.6 is 0 Å². The van der Waals surface area contributed by atoms with Crippen molar-refractivity contribution in [3.05, 3.63) is 17.5 Å². The lowest BCUT2D eigenvalue weighted by molar-refractivity contribution is -0.141. The lowest BCUT2D eigenvalue weighted by Gasteiger charge is -2.26. The van der Waals surface area contributed by atoms with Gasteiger partial charge in [-0.25, -0.2) is 0 Å². The van der Waals surface area contributed by atoms with Crippen LogP contribution in [0.4, 0.5) is 13.2 Å². The second-order valence-corrected chi connectivity index (χ2v) is 3.75. The van der Waals surface area contributed by atoms with Crippen molar-refractivity contribution in [3.8, 4) is 0 Å². The van der Waals surface area contributed by atoms with E-state index in [4.69, 9.17) is 4.74 Å². The van der Waals surface area contributed by atoms with Gasteiger partial charge in [0, 0.05) is 18.2 Å². The van der Waals surface area contributed by atoms with Crippen molar-refractivity contribution in [1.29, 1.82) is 0 Å². The van der Waals surface area contributed by atoms with Crippen molar-refractivity contribution in [1.82, 2.24) is 9.78 Å². The molecule has 0 N–H and O–H groups in total. The summed E-state index contributed by atoms with van der Waals surface area (Å²) in [6.07, 6.45) is -4.36. The third-order valence-electron chi connectivity index (χ3n) is 2.41. The Kier molecular flexibility index (Phi) is 2.46. The summed E-state index contributed by atoms with van der Waals surface area (Å²) in [5.41, 5.74) is -0.283. The maximum absolute atomic E-state index is 12.3. The van der Waals surface area contributed by atoms with Gasteiger partial charge in [0.2, 0.25) is 0 Å². The molecule has 1 aromatic rings. The van der Waals surface area contributed by atoms with E-state index in [2.05, 4.69) is 5.10 Å². The lowest BCUT2D eigenvalue weighted by Crippen LogP contribution is -2.32. The molecule has 3 nitrogen and oxygen atoms in total. The molecule has 0 aromatic carbocycles. The summed E-state index contributed by atoms with van der Waals surface area (Å²) in [5, 5.41) is 3.54. The molecule has 0 spiro atoms. The fraction of sp³-hybridized carbons (Fsp3) is 0.667. The minimum absolute atomic E-state index is 0.296. The van der Waals surface area contributed by atoms with Crippen molar-refractivity contribution < 1.29 is 17.9 Å². The Bertz CT molecular complexity index is 355. The van der Waals surface area contributed by atoms with E-state index < -0.39 is 11.9 Å². The summed E-state index contributed by atoms with van der Waals surface area (Å²) >= 11 is 0. The summed E-state index contributed by atoms with van der Waals surface area (Å²) in [6.45, 7) is 3.35. The number of hydrogen-bond donors (Lipinski definition) is 0.